The van der Waals surface area contributed by atoms with Gasteiger partial charge in [-0.05, 0) is 46.6 Å². The Hall–Kier alpha value is -1.33. The molecular weight excluding hydrogens is 294 g/mol. The first-order valence-corrected chi connectivity index (χ1v) is 6.44. The molecule has 0 unspecified atom stereocenters. The lowest BCUT2D eigenvalue weighted by Crippen LogP contribution is -2.04. The third kappa shape index (κ3) is 2.15. The van der Waals surface area contributed by atoms with E-state index < -0.39 is 0 Å². The molecule has 0 aliphatic rings. The minimum Gasteiger partial charge on any atom is -0.496 e. The molecule has 96 valence electrons. The van der Waals surface area contributed by atoms with E-state index in [-0.39, 0.29) is 0 Å². The number of hydrogen-bond acceptors (Lipinski definition) is 3. The zero-order valence-corrected chi connectivity index (χ0v) is 12.3. The number of aryl methyl sites for hydroxylation is 1. The SMILES string of the molecule is COc1ccc(-c2nc(CN)n(C)c2Br)cc1C. The average molecular weight is 310 g/mol. The van der Waals surface area contributed by atoms with Crippen LogP contribution in [-0.2, 0) is 13.6 Å². The maximum Gasteiger partial charge on any atom is 0.123 e. The normalized spacial score (nSPS) is 10.7. The predicted molar refractivity (Wildman–Crippen MR) is 75.5 cm³/mol. The number of nitrogens with zero attached hydrogens (tertiary/aromatic N) is 2. The highest BCUT2D eigenvalue weighted by molar-refractivity contribution is 9.10. The van der Waals surface area contributed by atoms with Crippen molar-refractivity contribution < 1.29 is 4.74 Å². The summed E-state index contributed by atoms with van der Waals surface area (Å²) in [4.78, 5) is 4.54. The summed E-state index contributed by atoms with van der Waals surface area (Å²) in [6, 6.07) is 6.01. The Morgan fingerprint density at radius 2 is 2.17 bits per heavy atom. The monoisotopic (exact) mass is 309 g/mol. The maximum absolute atomic E-state index is 5.66. The molecule has 1 aromatic heterocycles. The van der Waals surface area contributed by atoms with Crippen molar-refractivity contribution in [3.63, 3.8) is 0 Å². The maximum atomic E-state index is 5.66. The van der Waals surface area contributed by atoms with Crippen LogP contribution in [0.4, 0.5) is 0 Å². The van der Waals surface area contributed by atoms with Gasteiger partial charge in [0.15, 0.2) is 0 Å². The molecule has 0 radical (unpaired) electrons. The molecule has 0 atom stereocenters. The molecule has 5 heteroatoms. The molecule has 2 N–H and O–H groups in total. The van der Waals surface area contributed by atoms with Gasteiger partial charge in [-0.25, -0.2) is 4.98 Å². The van der Waals surface area contributed by atoms with E-state index in [0.717, 1.165) is 33.0 Å². The van der Waals surface area contributed by atoms with Gasteiger partial charge in [-0.2, -0.15) is 0 Å². The Kier molecular flexibility index (Phi) is 3.73. The number of nitrogens with two attached hydrogens (primary N) is 1. The zero-order chi connectivity index (χ0) is 13.3. The van der Waals surface area contributed by atoms with Crippen LogP contribution in [0.15, 0.2) is 22.8 Å². The van der Waals surface area contributed by atoms with Gasteiger partial charge in [0.2, 0.25) is 0 Å². The summed E-state index contributed by atoms with van der Waals surface area (Å²) in [5, 5.41) is 0. The third-order valence-corrected chi connectivity index (χ3v) is 3.88. The standard InChI is InChI=1S/C13H16BrN3O/c1-8-6-9(4-5-10(8)18-3)12-13(14)17(2)11(7-15)16-12/h4-6H,7,15H2,1-3H3. The fourth-order valence-corrected chi connectivity index (χ4v) is 2.44. The first-order chi connectivity index (χ1) is 8.58. The lowest BCUT2D eigenvalue weighted by atomic mass is 10.1. The summed E-state index contributed by atoms with van der Waals surface area (Å²) in [5.41, 5.74) is 8.70. The second-order valence-corrected chi connectivity index (χ2v) is 4.87. The van der Waals surface area contributed by atoms with Gasteiger partial charge in [0.05, 0.1) is 13.7 Å². The Morgan fingerprint density at radius 3 is 2.67 bits per heavy atom. The minimum absolute atomic E-state index is 0.421. The van der Waals surface area contributed by atoms with Crippen LogP contribution in [0.3, 0.4) is 0 Å². The van der Waals surface area contributed by atoms with Crippen molar-refractivity contribution in [3.05, 3.63) is 34.2 Å². The van der Waals surface area contributed by atoms with E-state index in [4.69, 9.17) is 10.5 Å². The van der Waals surface area contributed by atoms with E-state index in [9.17, 15) is 0 Å². The lowest BCUT2D eigenvalue weighted by molar-refractivity contribution is 0.412. The van der Waals surface area contributed by atoms with E-state index in [1.165, 1.54) is 0 Å². The first kappa shape index (κ1) is 13.1. The molecule has 0 fully saturated rings. The van der Waals surface area contributed by atoms with Gasteiger partial charge in [0, 0.05) is 12.6 Å². The van der Waals surface area contributed by atoms with Crippen LogP contribution >= 0.6 is 15.9 Å². The van der Waals surface area contributed by atoms with Gasteiger partial charge in [-0.1, -0.05) is 0 Å². The topological polar surface area (TPSA) is 53.1 Å². The lowest BCUT2D eigenvalue weighted by Gasteiger charge is -2.06. The second kappa shape index (κ2) is 5.12. The number of rotatable bonds is 3. The summed E-state index contributed by atoms with van der Waals surface area (Å²) >= 11 is 3.55. The molecule has 18 heavy (non-hydrogen) atoms. The van der Waals surface area contributed by atoms with Crippen LogP contribution < -0.4 is 10.5 Å². The molecule has 0 aliphatic heterocycles. The fourth-order valence-electron chi connectivity index (χ4n) is 1.91. The quantitative estimate of drug-likeness (QED) is 0.948. The number of halogens is 1. The summed E-state index contributed by atoms with van der Waals surface area (Å²) in [7, 11) is 3.62. The Bertz CT molecular complexity index is 578. The average Bonchev–Trinajstić information content (AvgIpc) is 2.66. The van der Waals surface area contributed by atoms with E-state index in [2.05, 4.69) is 27.0 Å². The van der Waals surface area contributed by atoms with Crippen LogP contribution in [0.1, 0.15) is 11.4 Å². The minimum atomic E-state index is 0.421. The molecule has 0 bridgehead atoms. The summed E-state index contributed by atoms with van der Waals surface area (Å²) in [6.07, 6.45) is 0. The van der Waals surface area contributed by atoms with Crippen molar-refractivity contribution in [2.24, 2.45) is 12.8 Å². The predicted octanol–water partition coefficient (Wildman–Crippen LogP) is 2.63. The summed E-state index contributed by atoms with van der Waals surface area (Å²) in [6.45, 7) is 2.44. The van der Waals surface area contributed by atoms with Crippen LogP contribution in [0.2, 0.25) is 0 Å². The Labute approximate surface area is 115 Å². The number of ether oxygens (including phenoxy) is 1. The molecule has 2 rings (SSSR count). The van der Waals surface area contributed by atoms with Gasteiger partial charge in [-0.3, -0.25) is 0 Å². The molecule has 0 spiro atoms. The highest BCUT2D eigenvalue weighted by atomic mass is 79.9. The number of aromatic nitrogens is 2. The van der Waals surface area contributed by atoms with Crippen molar-refractivity contribution in [2.45, 2.75) is 13.5 Å². The Balaban J connectivity index is 2.52. The van der Waals surface area contributed by atoms with Crippen molar-refractivity contribution in [1.82, 2.24) is 9.55 Å². The Morgan fingerprint density at radius 1 is 1.44 bits per heavy atom. The van der Waals surface area contributed by atoms with Crippen molar-refractivity contribution in [3.8, 4) is 17.0 Å². The molecule has 1 heterocycles. The van der Waals surface area contributed by atoms with Gasteiger partial charge in [0.25, 0.3) is 0 Å². The van der Waals surface area contributed by atoms with Crippen LogP contribution in [-0.4, -0.2) is 16.7 Å². The van der Waals surface area contributed by atoms with Gasteiger partial charge >= 0.3 is 0 Å². The van der Waals surface area contributed by atoms with Crippen LogP contribution in [0.25, 0.3) is 11.3 Å². The largest absolute Gasteiger partial charge is 0.496 e. The molecule has 0 saturated carbocycles. The molecule has 4 nitrogen and oxygen atoms in total. The molecule has 0 saturated heterocycles. The smallest absolute Gasteiger partial charge is 0.123 e. The van der Waals surface area contributed by atoms with Gasteiger partial charge in [0.1, 0.15) is 21.9 Å². The van der Waals surface area contributed by atoms with E-state index in [1.54, 1.807) is 7.11 Å². The van der Waals surface area contributed by atoms with E-state index >= 15 is 0 Å². The second-order valence-electron chi connectivity index (χ2n) is 4.11. The molecule has 1 aromatic carbocycles. The van der Waals surface area contributed by atoms with Crippen molar-refractivity contribution >= 4 is 15.9 Å². The molecule has 0 aliphatic carbocycles. The number of hydrogen-bond donors (Lipinski definition) is 1. The zero-order valence-electron chi connectivity index (χ0n) is 10.7. The molecular formula is C13H16BrN3O. The highest BCUT2D eigenvalue weighted by Gasteiger charge is 2.14. The molecule has 0 amide bonds. The van der Waals surface area contributed by atoms with Crippen LogP contribution in [0.5, 0.6) is 5.75 Å². The van der Waals surface area contributed by atoms with Crippen molar-refractivity contribution in [1.29, 1.82) is 0 Å². The van der Waals surface area contributed by atoms with E-state index in [0.29, 0.717) is 6.54 Å². The first-order valence-electron chi connectivity index (χ1n) is 5.64. The van der Waals surface area contributed by atoms with Gasteiger partial charge in [-0.15, -0.1) is 0 Å². The number of benzene rings is 1. The number of methoxy groups -OCH3 is 1. The fraction of sp³-hybridized carbons (Fsp3) is 0.308. The van der Waals surface area contributed by atoms with Gasteiger partial charge < -0.3 is 15.0 Å². The summed E-state index contributed by atoms with van der Waals surface area (Å²) in [5.74, 6) is 1.73. The highest BCUT2D eigenvalue weighted by Crippen LogP contribution is 2.31. The third-order valence-electron chi connectivity index (χ3n) is 2.97. The molecule has 2 aromatic rings. The summed E-state index contributed by atoms with van der Waals surface area (Å²) < 4.78 is 8.15. The van der Waals surface area contributed by atoms with Crippen LogP contribution in [0, 0.1) is 6.92 Å². The van der Waals surface area contributed by atoms with E-state index in [1.807, 2.05) is 30.7 Å². The van der Waals surface area contributed by atoms with Crippen molar-refractivity contribution in [2.75, 3.05) is 7.11 Å². The number of imidazole rings is 1.